The molecule has 0 amide bonds. The van der Waals surface area contributed by atoms with Gasteiger partial charge in [-0.25, -0.2) is 0 Å². The first-order valence-corrected chi connectivity index (χ1v) is 6.28. The van der Waals surface area contributed by atoms with Crippen LogP contribution in [0.15, 0.2) is 12.2 Å². The molecule has 2 aliphatic rings. The molecular formula is C13H22O2. The fourth-order valence-electron chi connectivity index (χ4n) is 2.68. The van der Waals surface area contributed by atoms with E-state index in [1.54, 1.807) is 0 Å². The third kappa shape index (κ3) is 2.26. The van der Waals surface area contributed by atoms with Gasteiger partial charge in [-0.05, 0) is 19.3 Å². The van der Waals surface area contributed by atoms with Crippen LogP contribution in [-0.4, -0.2) is 25.4 Å². The zero-order valence-corrected chi connectivity index (χ0v) is 9.82. The van der Waals surface area contributed by atoms with Gasteiger partial charge in [-0.1, -0.05) is 26.0 Å². The molecule has 0 aromatic rings. The van der Waals surface area contributed by atoms with Crippen LogP contribution < -0.4 is 0 Å². The van der Waals surface area contributed by atoms with Crippen LogP contribution in [0.25, 0.3) is 0 Å². The molecule has 0 heterocycles. The van der Waals surface area contributed by atoms with E-state index in [0.29, 0.717) is 24.0 Å². The van der Waals surface area contributed by atoms with Gasteiger partial charge in [0.1, 0.15) is 0 Å². The number of rotatable bonds is 6. The maximum atomic E-state index is 5.92. The smallest absolute Gasteiger partial charge is 0.0905 e. The van der Waals surface area contributed by atoms with Gasteiger partial charge in [-0.2, -0.15) is 0 Å². The Labute approximate surface area is 92.6 Å². The molecule has 2 rings (SSSR count). The van der Waals surface area contributed by atoms with E-state index in [1.165, 1.54) is 6.42 Å². The third-order valence-corrected chi connectivity index (χ3v) is 3.35. The van der Waals surface area contributed by atoms with Crippen molar-refractivity contribution in [3.8, 4) is 0 Å². The van der Waals surface area contributed by atoms with E-state index in [2.05, 4.69) is 26.0 Å². The zero-order chi connectivity index (χ0) is 10.7. The fourth-order valence-corrected chi connectivity index (χ4v) is 2.68. The third-order valence-electron chi connectivity index (χ3n) is 3.35. The molecule has 86 valence electrons. The molecule has 2 heteroatoms. The van der Waals surface area contributed by atoms with Crippen LogP contribution >= 0.6 is 0 Å². The van der Waals surface area contributed by atoms with Crippen LogP contribution in [0.4, 0.5) is 0 Å². The van der Waals surface area contributed by atoms with Crippen molar-refractivity contribution in [2.24, 2.45) is 11.8 Å². The molecule has 4 unspecified atom stereocenters. The van der Waals surface area contributed by atoms with E-state index >= 15 is 0 Å². The van der Waals surface area contributed by atoms with Gasteiger partial charge in [0.05, 0.1) is 12.2 Å². The first-order valence-electron chi connectivity index (χ1n) is 6.28. The predicted molar refractivity (Wildman–Crippen MR) is 60.8 cm³/mol. The van der Waals surface area contributed by atoms with Gasteiger partial charge in [0, 0.05) is 25.0 Å². The highest BCUT2D eigenvalue weighted by atomic mass is 16.5. The van der Waals surface area contributed by atoms with Gasteiger partial charge in [-0.3, -0.25) is 0 Å². The highest BCUT2D eigenvalue weighted by Crippen LogP contribution is 2.42. The topological polar surface area (TPSA) is 18.5 Å². The molecule has 4 atom stereocenters. The summed E-state index contributed by atoms with van der Waals surface area (Å²) in [5, 5.41) is 0. The second-order valence-corrected chi connectivity index (χ2v) is 4.62. The fraction of sp³-hybridized carbons (Fsp3) is 0.846. The largest absolute Gasteiger partial charge is 0.375 e. The summed E-state index contributed by atoms with van der Waals surface area (Å²) in [6.07, 6.45) is 8.71. The van der Waals surface area contributed by atoms with Crippen molar-refractivity contribution >= 4 is 0 Å². The summed E-state index contributed by atoms with van der Waals surface area (Å²) in [5.74, 6) is 1.23. The Balaban J connectivity index is 1.91. The summed E-state index contributed by atoms with van der Waals surface area (Å²) in [7, 11) is 0. The van der Waals surface area contributed by atoms with Crippen LogP contribution in [0.1, 0.15) is 33.1 Å². The van der Waals surface area contributed by atoms with Crippen molar-refractivity contribution in [3.63, 3.8) is 0 Å². The maximum absolute atomic E-state index is 5.92. The zero-order valence-electron chi connectivity index (χ0n) is 9.82. The molecule has 0 aromatic heterocycles. The Hall–Kier alpha value is -0.340. The Kier molecular flexibility index (Phi) is 3.81. The van der Waals surface area contributed by atoms with Crippen LogP contribution in [0, 0.1) is 11.8 Å². The van der Waals surface area contributed by atoms with Crippen LogP contribution in [-0.2, 0) is 9.47 Å². The lowest BCUT2D eigenvalue weighted by Gasteiger charge is -2.28. The Morgan fingerprint density at radius 3 is 1.80 bits per heavy atom. The van der Waals surface area contributed by atoms with Crippen molar-refractivity contribution in [2.75, 3.05) is 13.2 Å². The summed E-state index contributed by atoms with van der Waals surface area (Å²) in [6, 6.07) is 0. The van der Waals surface area contributed by atoms with Crippen molar-refractivity contribution in [3.05, 3.63) is 12.2 Å². The molecule has 1 fully saturated rings. The minimum Gasteiger partial charge on any atom is -0.375 e. The van der Waals surface area contributed by atoms with Gasteiger partial charge < -0.3 is 9.47 Å². The van der Waals surface area contributed by atoms with Crippen molar-refractivity contribution in [2.45, 2.75) is 45.3 Å². The standard InChI is InChI=1S/C13H22O2/c1-3-7-14-12-10-5-6-11(9-10)13(12)15-8-4-2/h5-6,10-13H,3-4,7-9H2,1-2H3. The number of ether oxygens (including phenoxy) is 2. The van der Waals surface area contributed by atoms with Gasteiger partial charge in [-0.15, -0.1) is 0 Å². The number of hydrogen-bond donors (Lipinski definition) is 0. The Morgan fingerprint density at radius 2 is 1.40 bits per heavy atom. The summed E-state index contributed by atoms with van der Waals surface area (Å²) < 4.78 is 11.8. The lowest BCUT2D eigenvalue weighted by Crippen LogP contribution is -2.35. The van der Waals surface area contributed by atoms with Gasteiger partial charge in [0.2, 0.25) is 0 Å². The molecular weight excluding hydrogens is 188 g/mol. The summed E-state index contributed by atoms with van der Waals surface area (Å²) in [5.41, 5.74) is 0. The molecule has 0 N–H and O–H groups in total. The maximum Gasteiger partial charge on any atom is 0.0905 e. The lowest BCUT2D eigenvalue weighted by atomic mass is 10.0. The van der Waals surface area contributed by atoms with E-state index in [0.717, 1.165) is 26.1 Å². The molecule has 0 spiro atoms. The van der Waals surface area contributed by atoms with Crippen LogP contribution in [0.3, 0.4) is 0 Å². The van der Waals surface area contributed by atoms with E-state index < -0.39 is 0 Å². The average molecular weight is 210 g/mol. The molecule has 2 nitrogen and oxygen atoms in total. The van der Waals surface area contributed by atoms with Crippen LogP contribution in [0.5, 0.6) is 0 Å². The number of fused-ring (bicyclic) bond motifs is 2. The van der Waals surface area contributed by atoms with Crippen molar-refractivity contribution < 1.29 is 9.47 Å². The lowest BCUT2D eigenvalue weighted by molar-refractivity contribution is -0.0773. The average Bonchev–Trinajstić information content (AvgIpc) is 2.83. The monoisotopic (exact) mass is 210 g/mol. The second kappa shape index (κ2) is 5.13. The van der Waals surface area contributed by atoms with Gasteiger partial charge >= 0.3 is 0 Å². The van der Waals surface area contributed by atoms with Crippen molar-refractivity contribution in [1.29, 1.82) is 0 Å². The van der Waals surface area contributed by atoms with E-state index in [9.17, 15) is 0 Å². The quantitative estimate of drug-likeness (QED) is 0.628. The SMILES string of the molecule is CCCOC1C2C=CC(C2)C1OCCC. The van der Waals surface area contributed by atoms with Crippen LogP contribution in [0.2, 0.25) is 0 Å². The first kappa shape index (κ1) is 11.2. The Morgan fingerprint density at radius 1 is 0.933 bits per heavy atom. The van der Waals surface area contributed by atoms with Gasteiger partial charge in [0.15, 0.2) is 0 Å². The molecule has 0 radical (unpaired) electrons. The number of hydrogen-bond acceptors (Lipinski definition) is 2. The molecule has 0 aliphatic heterocycles. The molecule has 15 heavy (non-hydrogen) atoms. The normalized spacial score (nSPS) is 37.7. The summed E-state index contributed by atoms with van der Waals surface area (Å²) in [6.45, 7) is 6.05. The second-order valence-electron chi connectivity index (χ2n) is 4.62. The highest BCUT2D eigenvalue weighted by Gasteiger charge is 2.45. The molecule has 2 bridgehead atoms. The Bertz CT molecular complexity index is 203. The van der Waals surface area contributed by atoms with Gasteiger partial charge in [0.25, 0.3) is 0 Å². The van der Waals surface area contributed by atoms with E-state index in [4.69, 9.17) is 9.47 Å². The highest BCUT2D eigenvalue weighted by molar-refractivity contribution is 5.15. The molecule has 1 saturated carbocycles. The predicted octanol–water partition coefficient (Wildman–Crippen LogP) is 2.78. The minimum atomic E-state index is 0.325. The summed E-state index contributed by atoms with van der Waals surface area (Å²) >= 11 is 0. The summed E-state index contributed by atoms with van der Waals surface area (Å²) in [4.78, 5) is 0. The van der Waals surface area contributed by atoms with E-state index in [-0.39, 0.29) is 0 Å². The van der Waals surface area contributed by atoms with Crippen molar-refractivity contribution in [1.82, 2.24) is 0 Å². The molecule has 0 aromatic carbocycles. The minimum absolute atomic E-state index is 0.325. The molecule has 2 aliphatic carbocycles. The van der Waals surface area contributed by atoms with E-state index in [1.807, 2.05) is 0 Å². The molecule has 0 saturated heterocycles. The first-order chi connectivity index (χ1) is 7.36.